The lowest BCUT2D eigenvalue weighted by atomic mass is 10.2. The molecule has 0 aliphatic carbocycles. The fourth-order valence-electron chi connectivity index (χ4n) is 1.24. The Morgan fingerprint density at radius 2 is 1.95 bits per heavy atom. The number of halogens is 5. The summed E-state index contributed by atoms with van der Waals surface area (Å²) >= 11 is 2.66. The van der Waals surface area contributed by atoms with Crippen LogP contribution >= 0.6 is 15.9 Å². The predicted molar refractivity (Wildman–Crippen MR) is 65.8 cm³/mol. The van der Waals surface area contributed by atoms with Crippen molar-refractivity contribution < 1.29 is 40.1 Å². The Kier molecular flexibility index (Phi) is 5.34. The highest BCUT2D eigenvalue weighted by Crippen LogP contribution is 2.27. The van der Waals surface area contributed by atoms with Crippen LogP contribution in [-0.2, 0) is 14.9 Å². The number of ether oxygens (including phenoxy) is 1. The first-order valence-electron chi connectivity index (χ1n) is 5.08. The number of hydrogen-bond acceptors (Lipinski definition) is 4. The Hall–Kier alpha value is -1.20. The van der Waals surface area contributed by atoms with Gasteiger partial charge >= 0.3 is 12.1 Å². The van der Waals surface area contributed by atoms with Gasteiger partial charge in [-0.1, -0.05) is 6.07 Å². The number of esters is 1. The lowest BCUT2D eigenvalue weighted by Crippen LogP contribution is -2.39. The molecule has 0 aliphatic rings. The van der Waals surface area contributed by atoms with Crippen molar-refractivity contribution in [3.63, 3.8) is 0 Å². The molecule has 21 heavy (non-hydrogen) atoms. The molecule has 0 fully saturated rings. The van der Waals surface area contributed by atoms with Gasteiger partial charge in [-0.2, -0.15) is 21.6 Å². The van der Waals surface area contributed by atoms with Gasteiger partial charge in [-0.15, -0.1) is 0 Å². The normalized spacial score (nSPS) is 13.8. The molecule has 1 rings (SSSR count). The van der Waals surface area contributed by atoms with E-state index in [1.54, 1.807) is 0 Å². The quantitative estimate of drug-likeness (QED) is 0.482. The third-order valence-electron chi connectivity index (χ3n) is 2.15. The van der Waals surface area contributed by atoms with Crippen molar-refractivity contribution in [1.82, 2.24) is 0 Å². The highest BCUT2D eigenvalue weighted by molar-refractivity contribution is 9.10. The van der Waals surface area contributed by atoms with Crippen LogP contribution in [0.3, 0.4) is 0 Å². The van der Waals surface area contributed by atoms with Gasteiger partial charge in [0.05, 0.1) is 10.0 Å². The molecule has 1 aromatic carbocycles. The maximum Gasteiger partial charge on any atom is 0.426 e. The third-order valence-corrected chi connectivity index (χ3v) is 3.68. The highest BCUT2D eigenvalue weighted by Gasteiger charge is 2.45. The SMILES string of the molecule is O=C(OC(CS(=O)(=O)O)C(F)(F)F)c1cccc(F)c1Br. The number of carbonyl (C=O) groups is 1. The number of carbonyl (C=O) groups excluding carboxylic acids is 1. The van der Waals surface area contributed by atoms with Crippen LogP contribution < -0.4 is 0 Å². The van der Waals surface area contributed by atoms with E-state index in [2.05, 4.69) is 20.7 Å². The van der Waals surface area contributed by atoms with Gasteiger partial charge in [-0.3, -0.25) is 4.55 Å². The monoisotopic (exact) mass is 394 g/mol. The van der Waals surface area contributed by atoms with Crippen LogP contribution in [0.4, 0.5) is 17.6 Å². The Morgan fingerprint density at radius 1 is 1.38 bits per heavy atom. The summed E-state index contributed by atoms with van der Waals surface area (Å²) in [6.45, 7) is 0. The molecule has 0 aromatic heterocycles. The Balaban J connectivity index is 3.04. The largest absolute Gasteiger partial charge is 0.448 e. The summed E-state index contributed by atoms with van der Waals surface area (Å²) in [4.78, 5) is 11.6. The van der Waals surface area contributed by atoms with Crippen molar-refractivity contribution >= 4 is 32.0 Å². The van der Waals surface area contributed by atoms with Crippen molar-refractivity contribution in [1.29, 1.82) is 0 Å². The van der Waals surface area contributed by atoms with E-state index in [1.165, 1.54) is 0 Å². The van der Waals surface area contributed by atoms with Crippen molar-refractivity contribution in [2.45, 2.75) is 12.3 Å². The molecule has 1 aromatic rings. The molecule has 0 amide bonds. The molecule has 11 heteroatoms. The summed E-state index contributed by atoms with van der Waals surface area (Å²) in [6, 6.07) is 2.98. The standard InChI is InChI=1S/C10H7BrF4O5S/c11-8-5(2-1-3-6(8)12)9(16)20-7(10(13,14)15)4-21(17,18)19/h1-3,7H,4H2,(H,17,18,19). The van der Waals surface area contributed by atoms with Crippen molar-refractivity contribution in [3.05, 3.63) is 34.1 Å². The van der Waals surface area contributed by atoms with E-state index >= 15 is 0 Å². The van der Waals surface area contributed by atoms with Gasteiger partial charge < -0.3 is 4.74 Å². The van der Waals surface area contributed by atoms with Gasteiger partial charge in [-0.25, -0.2) is 9.18 Å². The number of benzene rings is 1. The molecule has 118 valence electrons. The van der Waals surface area contributed by atoms with Crippen LogP contribution in [-0.4, -0.2) is 37.0 Å². The molecule has 0 aliphatic heterocycles. The van der Waals surface area contributed by atoms with Crippen LogP contribution in [0.5, 0.6) is 0 Å². The van der Waals surface area contributed by atoms with Crippen LogP contribution in [0.1, 0.15) is 10.4 Å². The molecule has 0 heterocycles. The van der Waals surface area contributed by atoms with Gasteiger partial charge in [-0.05, 0) is 28.1 Å². The first kappa shape index (κ1) is 17.9. The lowest BCUT2D eigenvalue weighted by molar-refractivity contribution is -0.197. The maximum atomic E-state index is 13.2. The molecule has 0 spiro atoms. The number of rotatable bonds is 4. The van der Waals surface area contributed by atoms with Gasteiger partial charge in [0.25, 0.3) is 10.1 Å². The minimum atomic E-state index is -5.22. The third kappa shape index (κ3) is 5.25. The zero-order chi connectivity index (χ0) is 16.4. The second-order valence-corrected chi connectivity index (χ2v) is 6.08. The zero-order valence-corrected chi connectivity index (χ0v) is 12.3. The van der Waals surface area contributed by atoms with E-state index in [9.17, 15) is 30.8 Å². The maximum absolute atomic E-state index is 13.2. The Bertz CT molecular complexity index is 643. The number of hydrogen-bond donors (Lipinski definition) is 1. The molecule has 0 saturated heterocycles. The van der Waals surface area contributed by atoms with Gasteiger partial charge in [0, 0.05) is 0 Å². The Labute approximate surface area is 124 Å². The molecular formula is C10H7BrF4O5S. The average Bonchev–Trinajstić information content (AvgIpc) is 2.28. The topological polar surface area (TPSA) is 80.7 Å². The van der Waals surface area contributed by atoms with Crippen molar-refractivity contribution in [2.75, 3.05) is 5.75 Å². The fourth-order valence-corrected chi connectivity index (χ4v) is 2.31. The van der Waals surface area contributed by atoms with Gasteiger partial charge in [0.2, 0.25) is 6.10 Å². The van der Waals surface area contributed by atoms with E-state index in [-0.39, 0.29) is 0 Å². The smallest absolute Gasteiger partial charge is 0.426 e. The van der Waals surface area contributed by atoms with Crippen LogP contribution in [0, 0.1) is 5.82 Å². The van der Waals surface area contributed by atoms with E-state index in [0.717, 1.165) is 18.2 Å². The van der Waals surface area contributed by atoms with Crippen LogP contribution in [0.2, 0.25) is 0 Å². The highest BCUT2D eigenvalue weighted by atomic mass is 79.9. The minimum absolute atomic E-state index is 0.428. The second kappa shape index (κ2) is 6.28. The van der Waals surface area contributed by atoms with E-state index in [4.69, 9.17) is 4.55 Å². The number of alkyl halides is 3. The van der Waals surface area contributed by atoms with Crippen LogP contribution in [0.15, 0.2) is 22.7 Å². The molecular weight excluding hydrogens is 388 g/mol. The van der Waals surface area contributed by atoms with E-state index in [1.807, 2.05) is 0 Å². The first-order valence-corrected chi connectivity index (χ1v) is 7.49. The average molecular weight is 395 g/mol. The van der Waals surface area contributed by atoms with Crippen molar-refractivity contribution in [3.8, 4) is 0 Å². The molecule has 1 unspecified atom stereocenters. The zero-order valence-electron chi connectivity index (χ0n) is 9.89. The Morgan fingerprint density at radius 3 is 2.43 bits per heavy atom. The molecule has 5 nitrogen and oxygen atoms in total. The van der Waals surface area contributed by atoms with Gasteiger partial charge in [0.15, 0.2) is 0 Å². The molecule has 0 radical (unpaired) electrons. The molecule has 0 saturated carbocycles. The summed E-state index contributed by atoms with van der Waals surface area (Å²) in [5, 5.41) is 0. The first-order chi connectivity index (χ1) is 9.42. The summed E-state index contributed by atoms with van der Waals surface area (Å²) in [5.74, 6) is -4.36. The summed E-state index contributed by atoms with van der Waals surface area (Å²) in [7, 11) is -5.04. The molecule has 1 atom stereocenters. The molecule has 1 N–H and O–H groups in total. The summed E-state index contributed by atoms with van der Waals surface area (Å²) < 4.78 is 83.9. The van der Waals surface area contributed by atoms with Gasteiger partial charge in [0.1, 0.15) is 11.6 Å². The fraction of sp³-hybridized carbons (Fsp3) is 0.300. The second-order valence-electron chi connectivity index (χ2n) is 3.79. The predicted octanol–water partition coefficient (Wildman–Crippen LogP) is 2.56. The molecule has 0 bridgehead atoms. The minimum Gasteiger partial charge on any atom is -0.448 e. The summed E-state index contributed by atoms with van der Waals surface area (Å²) in [5.41, 5.74) is -0.556. The van der Waals surface area contributed by atoms with Crippen molar-refractivity contribution in [2.24, 2.45) is 0 Å². The van der Waals surface area contributed by atoms with Crippen LogP contribution in [0.25, 0.3) is 0 Å². The lowest BCUT2D eigenvalue weighted by Gasteiger charge is -2.19. The van der Waals surface area contributed by atoms with E-state index in [0.29, 0.717) is 0 Å². The summed E-state index contributed by atoms with van der Waals surface area (Å²) in [6.07, 6.45) is -8.29. The van der Waals surface area contributed by atoms with E-state index < -0.39 is 50.0 Å².